The van der Waals surface area contributed by atoms with Crippen LogP contribution in [0, 0.1) is 11.3 Å². The highest BCUT2D eigenvalue weighted by molar-refractivity contribution is 5.89. The van der Waals surface area contributed by atoms with Crippen LogP contribution in [0.2, 0.25) is 0 Å². The summed E-state index contributed by atoms with van der Waals surface area (Å²) in [4.78, 5) is 17.7. The lowest BCUT2D eigenvalue weighted by Gasteiger charge is -2.58. The van der Waals surface area contributed by atoms with E-state index in [-0.39, 0.29) is 42.2 Å². The van der Waals surface area contributed by atoms with Gasteiger partial charge >= 0.3 is 0 Å². The summed E-state index contributed by atoms with van der Waals surface area (Å²) >= 11 is 0. The third-order valence-electron chi connectivity index (χ3n) is 6.59. The summed E-state index contributed by atoms with van der Waals surface area (Å²) in [5.74, 6) is 0.576. The zero-order chi connectivity index (χ0) is 17.5. The number of amides is 1. The number of hydrogen-bond acceptors (Lipinski definition) is 5. The number of nitrogens with zero attached hydrogens (tertiary/aromatic N) is 2. The summed E-state index contributed by atoms with van der Waals surface area (Å²) in [6.45, 7) is 14.1. The second kappa shape index (κ2) is 8.93. The van der Waals surface area contributed by atoms with Crippen LogP contribution >= 0.6 is 24.8 Å². The summed E-state index contributed by atoms with van der Waals surface area (Å²) in [7, 11) is 0. The van der Waals surface area contributed by atoms with Gasteiger partial charge in [0.25, 0.3) is 0 Å². The van der Waals surface area contributed by atoms with Gasteiger partial charge in [-0.3, -0.25) is 9.69 Å². The lowest BCUT2D eigenvalue weighted by Crippen LogP contribution is -2.76. The predicted molar refractivity (Wildman–Crippen MR) is 107 cm³/mol. The molecule has 0 aromatic heterocycles. The number of hydrogen-bond donors (Lipinski definition) is 1. The van der Waals surface area contributed by atoms with Crippen LogP contribution in [0.25, 0.3) is 0 Å². The monoisotopic (exact) mass is 411 g/mol. The molecule has 3 rings (SSSR count). The van der Waals surface area contributed by atoms with Crippen molar-refractivity contribution in [1.29, 1.82) is 0 Å². The second-order valence-electron chi connectivity index (χ2n) is 8.24. The van der Waals surface area contributed by atoms with Crippen molar-refractivity contribution in [2.24, 2.45) is 17.1 Å². The van der Waals surface area contributed by atoms with E-state index in [1.165, 1.54) is 0 Å². The third kappa shape index (κ3) is 3.87. The Morgan fingerprint density at radius 2 is 1.85 bits per heavy atom. The zero-order valence-electron chi connectivity index (χ0n) is 16.4. The van der Waals surface area contributed by atoms with Gasteiger partial charge in [0.05, 0.1) is 19.3 Å². The quantitative estimate of drug-likeness (QED) is 0.759. The van der Waals surface area contributed by atoms with E-state index in [1.807, 2.05) is 11.8 Å². The Morgan fingerprint density at radius 3 is 2.38 bits per heavy atom. The molecule has 1 amide bonds. The molecule has 0 aromatic carbocycles. The molecule has 2 aliphatic heterocycles. The van der Waals surface area contributed by atoms with Crippen LogP contribution in [0.1, 0.15) is 34.1 Å². The van der Waals surface area contributed by atoms with Gasteiger partial charge in [0, 0.05) is 50.7 Å². The fourth-order valence-electron chi connectivity index (χ4n) is 4.58. The maximum atomic E-state index is 13.2. The number of rotatable bonds is 4. The average molecular weight is 412 g/mol. The largest absolute Gasteiger partial charge is 0.379 e. The molecule has 3 aliphatic rings. The van der Waals surface area contributed by atoms with Crippen molar-refractivity contribution in [3.05, 3.63) is 0 Å². The molecule has 6 nitrogen and oxygen atoms in total. The minimum absolute atomic E-state index is 0. The maximum Gasteiger partial charge on any atom is 0.243 e. The highest BCUT2D eigenvalue weighted by Crippen LogP contribution is 2.51. The fourth-order valence-corrected chi connectivity index (χ4v) is 4.58. The van der Waals surface area contributed by atoms with Crippen molar-refractivity contribution in [3.8, 4) is 0 Å². The van der Waals surface area contributed by atoms with Crippen LogP contribution < -0.4 is 5.73 Å². The number of ether oxygens (including phenoxy) is 2. The van der Waals surface area contributed by atoms with Crippen molar-refractivity contribution in [3.63, 3.8) is 0 Å². The van der Waals surface area contributed by atoms with Crippen molar-refractivity contribution in [2.45, 2.75) is 51.8 Å². The molecule has 26 heavy (non-hydrogen) atoms. The van der Waals surface area contributed by atoms with Crippen molar-refractivity contribution in [1.82, 2.24) is 9.80 Å². The SMILES string of the molecule is CCOC1CC(N)(C(=O)N2CC(C)C(N3CCOCC3)C2)C1(C)C.Cl.Cl. The van der Waals surface area contributed by atoms with Crippen LogP contribution in [0.5, 0.6) is 0 Å². The predicted octanol–water partition coefficient (Wildman–Crippen LogP) is 1.54. The lowest BCUT2D eigenvalue weighted by molar-refractivity contribution is -0.178. The highest BCUT2D eigenvalue weighted by atomic mass is 35.5. The molecule has 8 heteroatoms. The van der Waals surface area contributed by atoms with E-state index < -0.39 is 5.54 Å². The molecule has 154 valence electrons. The van der Waals surface area contributed by atoms with Crippen molar-refractivity contribution in [2.75, 3.05) is 46.0 Å². The van der Waals surface area contributed by atoms with Crippen LogP contribution in [0.3, 0.4) is 0 Å². The van der Waals surface area contributed by atoms with Crippen molar-refractivity contribution >= 4 is 30.7 Å². The molecule has 1 aliphatic carbocycles. The van der Waals surface area contributed by atoms with Gasteiger partial charge < -0.3 is 20.1 Å². The van der Waals surface area contributed by atoms with Gasteiger partial charge in [-0.05, 0) is 12.8 Å². The van der Waals surface area contributed by atoms with Gasteiger partial charge in [-0.25, -0.2) is 0 Å². The lowest BCUT2D eigenvalue weighted by atomic mass is 9.54. The number of nitrogens with two attached hydrogens (primary N) is 1. The summed E-state index contributed by atoms with van der Waals surface area (Å²) in [6, 6.07) is 0.423. The Kier molecular flexibility index (Phi) is 8.22. The van der Waals surface area contributed by atoms with Gasteiger partial charge in [-0.2, -0.15) is 0 Å². The topological polar surface area (TPSA) is 68.0 Å². The maximum absolute atomic E-state index is 13.2. The normalized spacial score (nSPS) is 36.7. The van der Waals surface area contributed by atoms with Gasteiger partial charge in [-0.1, -0.05) is 20.8 Å². The molecular formula is C18H35Cl2N3O3. The summed E-state index contributed by atoms with van der Waals surface area (Å²) < 4.78 is 11.2. The van der Waals surface area contributed by atoms with Crippen LogP contribution in [0.4, 0.5) is 0 Å². The Morgan fingerprint density at radius 1 is 1.23 bits per heavy atom. The highest BCUT2D eigenvalue weighted by Gasteiger charge is 2.64. The van der Waals surface area contributed by atoms with Gasteiger partial charge in [-0.15, -0.1) is 24.8 Å². The Balaban J connectivity index is 0.00000169. The molecule has 0 bridgehead atoms. The first kappa shape index (κ1) is 23.9. The van der Waals surface area contributed by atoms with Gasteiger partial charge in [0.2, 0.25) is 5.91 Å². The summed E-state index contributed by atoms with van der Waals surface area (Å²) in [5, 5.41) is 0. The van der Waals surface area contributed by atoms with E-state index in [1.54, 1.807) is 0 Å². The number of carbonyl (C=O) groups excluding carboxylic acids is 1. The first-order valence-corrected chi connectivity index (χ1v) is 9.33. The molecule has 0 spiro atoms. The van der Waals surface area contributed by atoms with Crippen LogP contribution in [-0.4, -0.2) is 79.4 Å². The molecule has 4 unspecified atom stereocenters. The summed E-state index contributed by atoms with van der Waals surface area (Å²) in [5.41, 5.74) is 5.47. The van der Waals surface area contributed by atoms with E-state index in [2.05, 4.69) is 25.7 Å². The zero-order valence-corrected chi connectivity index (χ0v) is 18.0. The number of halogens is 2. The molecular weight excluding hydrogens is 377 g/mol. The molecule has 2 N–H and O–H groups in total. The first-order valence-electron chi connectivity index (χ1n) is 9.33. The molecule has 3 fully saturated rings. The Hall–Kier alpha value is -0.110. The van der Waals surface area contributed by atoms with Crippen LogP contribution in [-0.2, 0) is 14.3 Å². The molecule has 2 heterocycles. The standard InChI is InChI=1S/C18H33N3O3.2ClH/c1-5-24-15-10-18(19,17(15,3)4)16(22)21-11-13(2)14(12-21)20-6-8-23-9-7-20;;/h13-15H,5-12,19H2,1-4H3;2*1H. The Labute approximate surface area is 169 Å². The van der Waals surface area contributed by atoms with E-state index in [0.717, 1.165) is 39.4 Å². The number of likely N-dealkylation sites (tertiary alicyclic amines) is 1. The third-order valence-corrected chi connectivity index (χ3v) is 6.59. The Bertz CT molecular complexity index is 488. The van der Waals surface area contributed by atoms with Crippen molar-refractivity contribution < 1.29 is 14.3 Å². The smallest absolute Gasteiger partial charge is 0.243 e. The minimum Gasteiger partial charge on any atom is -0.379 e. The average Bonchev–Trinajstić information content (AvgIpc) is 2.96. The number of morpholine rings is 1. The molecule has 0 radical (unpaired) electrons. The molecule has 2 saturated heterocycles. The summed E-state index contributed by atoms with van der Waals surface area (Å²) in [6.07, 6.45) is 0.700. The molecule has 0 aromatic rings. The second-order valence-corrected chi connectivity index (χ2v) is 8.24. The van der Waals surface area contributed by atoms with Gasteiger partial charge in [0.1, 0.15) is 5.54 Å². The molecule has 1 saturated carbocycles. The van der Waals surface area contributed by atoms with E-state index in [4.69, 9.17) is 15.2 Å². The van der Waals surface area contributed by atoms with E-state index in [9.17, 15) is 4.79 Å². The first-order chi connectivity index (χ1) is 11.3. The minimum atomic E-state index is -0.799. The fraction of sp³-hybridized carbons (Fsp3) is 0.944. The van der Waals surface area contributed by atoms with Gasteiger partial charge in [0.15, 0.2) is 0 Å². The number of carbonyl (C=O) groups is 1. The van der Waals surface area contributed by atoms with E-state index >= 15 is 0 Å². The van der Waals surface area contributed by atoms with Crippen LogP contribution in [0.15, 0.2) is 0 Å². The molecule has 4 atom stereocenters. The van der Waals surface area contributed by atoms with E-state index in [0.29, 0.717) is 25.0 Å².